The minimum atomic E-state index is -1.34. The number of rotatable bonds is 6. The molecule has 1 amide bonds. The van der Waals surface area contributed by atoms with Gasteiger partial charge < -0.3 is 19.6 Å². The maximum atomic E-state index is 12.1. The maximum absolute atomic E-state index is 12.1. The van der Waals surface area contributed by atoms with Gasteiger partial charge in [0.05, 0.1) is 17.8 Å². The molecule has 2 heterocycles. The minimum Gasteiger partial charge on any atom is -0.479 e. The quantitative estimate of drug-likeness (QED) is 0.815. The highest BCUT2D eigenvalue weighted by atomic mass is 35.5. The summed E-state index contributed by atoms with van der Waals surface area (Å²) >= 11 is 6.12. The van der Waals surface area contributed by atoms with Gasteiger partial charge in [-0.25, -0.2) is 9.78 Å². The zero-order valence-electron chi connectivity index (χ0n) is 13.3. The Balaban J connectivity index is 1.60. The zero-order chi connectivity index (χ0) is 17.9. The normalized spacial score (nSPS) is 19.7. The Morgan fingerprint density at radius 3 is 2.84 bits per heavy atom. The van der Waals surface area contributed by atoms with Crippen LogP contribution in [0.3, 0.4) is 0 Å². The standard InChI is InChI=1S/C17H17ClN2O5/c18-12-4-2-1-3-11(12)13-9-19-15(25-13)6-5-14(21)20-17(16(22)23)7-8-24-10-17/h1-4,9H,5-8,10H2,(H,20,21)(H,22,23). The molecule has 2 aromatic rings. The van der Waals surface area contributed by atoms with Gasteiger partial charge in [0.2, 0.25) is 5.91 Å². The molecule has 132 valence electrons. The van der Waals surface area contributed by atoms with E-state index in [1.165, 1.54) is 0 Å². The van der Waals surface area contributed by atoms with Crippen LogP contribution in [0, 0.1) is 0 Å². The molecule has 1 fully saturated rings. The highest BCUT2D eigenvalue weighted by Crippen LogP contribution is 2.28. The van der Waals surface area contributed by atoms with Crippen LogP contribution in [0.15, 0.2) is 34.9 Å². The van der Waals surface area contributed by atoms with Crippen molar-refractivity contribution in [1.29, 1.82) is 0 Å². The van der Waals surface area contributed by atoms with Crippen molar-refractivity contribution in [3.8, 4) is 11.3 Å². The molecule has 1 unspecified atom stereocenters. The summed E-state index contributed by atoms with van der Waals surface area (Å²) in [5.41, 5.74) is -0.614. The van der Waals surface area contributed by atoms with E-state index in [1.807, 2.05) is 18.2 Å². The molecule has 1 aromatic heterocycles. The lowest BCUT2D eigenvalue weighted by Gasteiger charge is -2.23. The van der Waals surface area contributed by atoms with Gasteiger partial charge in [-0.3, -0.25) is 4.79 Å². The molecule has 0 aliphatic carbocycles. The first-order valence-corrected chi connectivity index (χ1v) is 8.20. The second-order valence-corrected chi connectivity index (χ2v) is 6.24. The maximum Gasteiger partial charge on any atom is 0.331 e. The van der Waals surface area contributed by atoms with Crippen LogP contribution in [0.5, 0.6) is 0 Å². The summed E-state index contributed by atoms with van der Waals surface area (Å²) in [5.74, 6) is -0.565. The van der Waals surface area contributed by atoms with Gasteiger partial charge in [0.1, 0.15) is 0 Å². The Hall–Kier alpha value is -2.38. The van der Waals surface area contributed by atoms with Crippen LogP contribution in [-0.4, -0.2) is 40.7 Å². The fourth-order valence-corrected chi connectivity index (χ4v) is 2.88. The van der Waals surface area contributed by atoms with Crippen LogP contribution < -0.4 is 5.32 Å². The summed E-state index contributed by atoms with van der Waals surface area (Å²) in [7, 11) is 0. The Morgan fingerprint density at radius 2 is 2.16 bits per heavy atom. The number of benzene rings is 1. The summed E-state index contributed by atoms with van der Waals surface area (Å²) in [5, 5.41) is 12.4. The third-order valence-corrected chi connectivity index (χ3v) is 4.40. The number of nitrogens with zero attached hydrogens (tertiary/aromatic N) is 1. The Morgan fingerprint density at radius 1 is 1.36 bits per heavy atom. The molecular weight excluding hydrogens is 348 g/mol. The second kappa shape index (κ2) is 7.25. The fraction of sp³-hybridized carbons (Fsp3) is 0.353. The number of amides is 1. The lowest BCUT2D eigenvalue weighted by atomic mass is 9.98. The van der Waals surface area contributed by atoms with Crippen molar-refractivity contribution in [2.75, 3.05) is 13.2 Å². The number of ether oxygens (including phenoxy) is 1. The van der Waals surface area contributed by atoms with Crippen LogP contribution >= 0.6 is 11.6 Å². The highest BCUT2D eigenvalue weighted by molar-refractivity contribution is 6.33. The van der Waals surface area contributed by atoms with E-state index in [0.717, 1.165) is 5.56 Å². The Labute approximate surface area is 149 Å². The van der Waals surface area contributed by atoms with E-state index in [1.54, 1.807) is 12.3 Å². The molecule has 0 radical (unpaired) electrons. The van der Waals surface area contributed by atoms with Crippen LogP contribution in [0.2, 0.25) is 5.02 Å². The number of aryl methyl sites for hydroxylation is 1. The van der Waals surface area contributed by atoms with Gasteiger partial charge in [-0.1, -0.05) is 23.7 Å². The molecule has 1 saturated heterocycles. The largest absolute Gasteiger partial charge is 0.479 e. The predicted octanol–water partition coefficient (Wildman–Crippen LogP) is 2.29. The van der Waals surface area contributed by atoms with Crippen LogP contribution in [-0.2, 0) is 20.7 Å². The van der Waals surface area contributed by atoms with Crippen LogP contribution in [0.4, 0.5) is 0 Å². The number of carboxylic acids is 1. The van der Waals surface area contributed by atoms with E-state index in [9.17, 15) is 14.7 Å². The summed E-state index contributed by atoms with van der Waals surface area (Å²) in [6, 6.07) is 7.22. The number of aliphatic carboxylic acids is 1. The molecule has 1 aliphatic heterocycles. The molecule has 0 spiro atoms. The SMILES string of the molecule is O=C(CCc1ncc(-c2ccccc2Cl)o1)NC1(C(=O)O)CCOC1. The van der Waals surface area contributed by atoms with E-state index >= 15 is 0 Å². The Kier molecular flexibility index (Phi) is 5.06. The number of carbonyl (C=O) groups excluding carboxylic acids is 1. The van der Waals surface area contributed by atoms with E-state index in [-0.39, 0.29) is 31.8 Å². The smallest absolute Gasteiger partial charge is 0.331 e. The third kappa shape index (κ3) is 3.83. The molecule has 2 N–H and O–H groups in total. The monoisotopic (exact) mass is 364 g/mol. The minimum absolute atomic E-state index is 0.0241. The average Bonchev–Trinajstić information content (AvgIpc) is 3.23. The van der Waals surface area contributed by atoms with E-state index < -0.39 is 11.5 Å². The summed E-state index contributed by atoms with van der Waals surface area (Å²) in [6.45, 7) is 0.289. The van der Waals surface area contributed by atoms with Crippen molar-refractivity contribution in [2.24, 2.45) is 0 Å². The number of halogens is 1. The number of nitrogens with one attached hydrogen (secondary N) is 1. The summed E-state index contributed by atoms with van der Waals surface area (Å²) in [6.07, 6.45) is 2.13. The molecule has 0 saturated carbocycles. The zero-order valence-corrected chi connectivity index (χ0v) is 14.1. The van der Waals surface area contributed by atoms with Crippen molar-refractivity contribution in [1.82, 2.24) is 10.3 Å². The van der Waals surface area contributed by atoms with Crippen molar-refractivity contribution in [3.63, 3.8) is 0 Å². The topological polar surface area (TPSA) is 102 Å². The molecule has 1 atom stereocenters. The number of carbonyl (C=O) groups is 2. The van der Waals surface area contributed by atoms with Crippen molar-refractivity contribution >= 4 is 23.5 Å². The lowest BCUT2D eigenvalue weighted by Crippen LogP contribution is -2.55. The van der Waals surface area contributed by atoms with E-state index in [0.29, 0.717) is 23.3 Å². The molecule has 25 heavy (non-hydrogen) atoms. The van der Waals surface area contributed by atoms with Crippen molar-refractivity contribution in [2.45, 2.75) is 24.8 Å². The predicted molar refractivity (Wildman–Crippen MR) is 89.2 cm³/mol. The van der Waals surface area contributed by atoms with Gasteiger partial charge in [0.25, 0.3) is 0 Å². The van der Waals surface area contributed by atoms with Crippen LogP contribution in [0.25, 0.3) is 11.3 Å². The highest BCUT2D eigenvalue weighted by Gasteiger charge is 2.43. The first kappa shape index (κ1) is 17.4. The number of hydrogen-bond donors (Lipinski definition) is 2. The Bertz CT molecular complexity index is 783. The molecule has 1 aromatic carbocycles. The molecule has 0 bridgehead atoms. The van der Waals surface area contributed by atoms with Gasteiger partial charge in [-0.2, -0.15) is 0 Å². The van der Waals surface area contributed by atoms with Gasteiger partial charge >= 0.3 is 5.97 Å². The van der Waals surface area contributed by atoms with Crippen molar-refractivity contribution in [3.05, 3.63) is 41.4 Å². The molecule has 1 aliphatic rings. The lowest BCUT2D eigenvalue weighted by molar-refractivity contribution is -0.147. The number of oxazole rings is 1. The first-order valence-electron chi connectivity index (χ1n) is 7.82. The fourth-order valence-electron chi connectivity index (χ4n) is 2.65. The summed E-state index contributed by atoms with van der Waals surface area (Å²) in [4.78, 5) is 27.6. The number of hydrogen-bond acceptors (Lipinski definition) is 5. The first-order chi connectivity index (χ1) is 12.0. The summed E-state index contributed by atoms with van der Waals surface area (Å²) < 4.78 is 10.7. The average molecular weight is 365 g/mol. The van der Waals surface area contributed by atoms with Gasteiger partial charge in [-0.15, -0.1) is 0 Å². The van der Waals surface area contributed by atoms with E-state index in [2.05, 4.69) is 10.3 Å². The van der Waals surface area contributed by atoms with Gasteiger partial charge in [0.15, 0.2) is 17.2 Å². The number of aromatic nitrogens is 1. The molecule has 8 heteroatoms. The van der Waals surface area contributed by atoms with E-state index in [4.69, 9.17) is 20.8 Å². The van der Waals surface area contributed by atoms with Crippen LogP contribution in [0.1, 0.15) is 18.7 Å². The second-order valence-electron chi connectivity index (χ2n) is 5.84. The number of carboxylic acid groups (broad SMARTS) is 1. The van der Waals surface area contributed by atoms with Crippen molar-refractivity contribution < 1.29 is 23.8 Å². The molecular formula is C17H17ClN2O5. The van der Waals surface area contributed by atoms with Gasteiger partial charge in [-0.05, 0) is 12.1 Å². The molecule has 7 nitrogen and oxygen atoms in total. The molecule has 3 rings (SSSR count). The third-order valence-electron chi connectivity index (χ3n) is 4.07. The van der Waals surface area contributed by atoms with Gasteiger partial charge in [0, 0.05) is 31.4 Å².